The molecule has 25 nitrogen and oxygen atoms in total. The Morgan fingerprint density at radius 2 is 1.78 bits per heavy atom. The van der Waals surface area contributed by atoms with Gasteiger partial charge in [-0.25, -0.2) is 18.7 Å². The molecule has 2 aromatic heterocycles. The number of hydrogen-bond acceptors (Lipinski definition) is 19. The number of nitrogens with zero attached hydrogens (tertiary/aromatic N) is 3. The van der Waals surface area contributed by atoms with Crippen LogP contribution in [0.4, 0.5) is 11.4 Å². The van der Waals surface area contributed by atoms with Crippen molar-refractivity contribution in [2.45, 2.75) is 77.6 Å². The number of nitro groups is 1. The maximum Gasteiger partial charge on any atom is 0.490 e. The van der Waals surface area contributed by atoms with Crippen molar-refractivity contribution in [1.29, 1.82) is 0 Å². The van der Waals surface area contributed by atoms with E-state index in [2.05, 4.69) is 25.4 Å². The number of nitrogen functional groups attached to an aromatic ring is 1. The second-order valence-corrected chi connectivity index (χ2v) is 23.7. The maximum absolute atomic E-state index is 13.8. The van der Waals surface area contributed by atoms with E-state index in [1.807, 2.05) is 0 Å². The van der Waals surface area contributed by atoms with Gasteiger partial charge in [0, 0.05) is 71.1 Å². The number of ketones is 2. The van der Waals surface area contributed by atoms with Crippen LogP contribution in [-0.2, 0) is 58.9 Å². The fourth-order valence-corrected chi connectivity index (χ4v) is 12.4. The number of nitrogens with two attached hydrogens (primary N) is 1. The lowest BCUT2D eigenvalue weighted by atomic mass is 9.77. The zero-order valence-corrected chi connectivity index (χ0v) is 45.0. The third kappa shape index (κ3) is 13.4. The standard InChI is InChI=1S/C51H51N4O21P3/c1-51(2,3)49(71-25-32-24-54(50-47(32)39(52)15-16-53-50)46-23-42(60)45(74-46)26-73-78(66,67)76-79(68,69)75-77(63,64)65)37-22-44(70-4)29(21-40(37)55(61)62)7-5-6-8-41(59)28-9-14-43(72-27-56)38(20-28)48-35-12-10-33(57)18-30(35)17-31-19-34(58)11-13-36(31)48/h9-16,18-22,24,27,42,45-46,49,57,60H,6,8,17,23,25-26H2,1-4H3,(H2,52,53)(H,66,67)(H,68,69)(H2,63,64,65)/t42?,45-,46-,49-/m1/s1. The molecule has 28 heteroatoms. The molecule has 3 unspecified atom stereocenters. The second-order valence-electron chi connectivity index (χ2n) is 19.3. The number of methoxy groups -OCH3 is 1. The van der Waals surface area contributed by atoms with Crippen LogP contribution in [0.2, 0.25) is 0 Å². The maximum atomic E-state index is 13.8. The first-order valence-corrected chi connectivity index (χ1v) is 28.3. The van der Waals surface area contributed by atoms with Crippen LogP contribution in [0.25, 0.3) is 16.6 Å². The predicted octanol–water partition coefficient (Wildman–Crippen LogP) is 7.51. The Morgan fingerprint density at radius 1 is 1.03 bits per heavy atom. The molecular formula is C51H51N4O21P3. The number of aliphatic hydroxyl groups is 1. The lowest BCUT2D eigenvalue weighted by Crippen LogP contribution is -2.26. The number of ether oxygens (including phenoxy) is 4. The lowest BCUT2D eigenvalue weighted by Gasteiger charge is -2.31. The number of carbonyl (C=O) groups is 3. The van der Waals surface area contributed by atoms with E-state index >= 15 is 0 Å². The monoisotopic (exact) mass is 1150 g/mol. The highest BCUT2D eigenvalue weighted by molar-refractivity contribution is 7.66. The third-order valence-electron chi connectivity index (χ3n) is 12.7. The van der Waals surface area contributed by atoms with Crippen LogP contribution < -0.4 is 15.2 Å². The molecular weight excluding hydrogens is 1100 g/mol. The third-order valence-corrected chi connectivity index (χ3v) is 16.5. The summed E-state index contributed by atoms with van der Waals surface area (Å²) >= 11 is 0. The molecule has 3 aliphatic rings. The molecule has 0 radical (unpaired) electrons. The minimum absolute atomic E-state index is 0.0140. The molecule has 0 amide bonds. The normalized spacial score (nSPS) is 19.1. The zero-order valence-electron chi connectivity index (χ0n) is 42.3. The number of benzene rings is 3. The molecule has 0 spiro atoms. The van der Waals surface area contributed by atoms with Gasteiger partial charge in [-0.2, -0.15) is 8.62 Å². The Kier molecular flexibility index (Phi) is 17.0. The van der Waals surface area contributed by atoms with Gasteiger partial charge in [0.05, 0.1) is 48.6 Å². The zero-order chi connectivity index (χ0) is 57.4. The number of allylic oxidation sites excluding steroid dienone is 5. The minimum Gasteiger partial charge on any atom is -0.508 e. The Balaban J connectivity index is 1.00. The van der Waals surface area contributed by atoms with Gasteiger partial charge in [-0.1, -0.05) is 44.8 Å². The highest BCUT2D eigenvalue weighted by Crippen LogP contribution is 2.66. The summed E-state index contributed by atoms with van der Waals surface area (Å²) in [6.07, 6.45) is 2.90. The van der Waals surface area contributed by atoms with Gasteiger partial charge in [-0.15, -0.1) is 0 Å². The Morgan fingerprint density at radius 3 is 2.48 bits per heavy atom. The molecule has 0 bridgehead atoms. The number of anilines is 1. The van der Waals surface area contributed by atoms with Crippen LogP contribution in [-0.4, -0.2) is 88.2 Å². The van der Waals surface area contributed by atoms with Crippen molar-refractivity contribution in [3.63, 3.8) is 0 Å². The molecule has 1 fully saturated rings. The van der Waals surface area contributed by atoms with Crippen molar-refractivity contribution in [2.75, 3.05) is 19.5 Å². The highest BCUT2D eigenvalue weighted by atomic mass is 31.3. The average molecular weight is 1150 g/mol. The number of phenols is 1. The van der Waals surface area contributed by atoms with Gasteiger partial charge in [0.2, 0.25) is 0 Å². The van der Waals surface area contributed by atoms with E-state index in [0.29, 0.717) is 45.2 Å². The van der Waals surface area contributed by atoms with Crippen LogP contribution in [0.15, 0.2) is 96.4 Å². The fourth-order valence-electron chi connectivity index (χ4n) is 9.42. The number of aromatic nitrogens is 2. The summed E-state index contributed by atoms with van der Waals surface area (Å²) in [6.45, 7) is 4.55. The number of phenolic OH excluding ortho intramolecular Hbond substituents is 1. The molecule has 1 aliphatic heterocycles. The number of Topliss-reactive ketones (excluding diaryl/α,β-unsaturated/α-hetero) is 1. The Hall–Kier alpha value is -6.97. The quantitative estimate of drug-likeness (QED) is 0.00989. The van der Waals surface area contributed by atoms with Crippen molar-refractivity contribution in [3.05, 3.63) is 145 Å². The number of phosphoric acid groups is 3. The lowest BCUT2D eigenvalue weighted by molar-refractivity contribution is -0.386. The van der Waals surface area contributed by atoms with Crippen molar-refractivity contribution in [3.8, 4) is 29.1 Å². The summed E-state index contributed by atoms with van der Waals surface area (Å²) in [5.74, 6) is 5.65. The molecule has 8 N–H and O–H groups in total. The van der Waals surface area contributed by atoms with Crippen LogP contribution in [0.1, 0.15) is 96.1 Å². The first-order valence-electron chi connectivity index (χ1n) is 23.8. The molecule has 416 valence electrons. The number of rotatable bonds is 20. The van der Waals surface area contributed by atoms with E-state index in [9.17, 15) is 58.2 Å². The molecule has 1 saturated heterocycles. The summed E-state index contributed by atoms with van der Waals surface area (Å²) in [6, 6.07) is 13.7. The van der Waals surface area contributed by atoms with Crippen LogP contribution in [0.3, 0.4) is 0 Å². The van der Waals surface area contributed by atoms with E-state index < -0.39 is 65.0 Å². The van der Waals surface area contributed by atoms with Gasteiger partial charge in [-0.3, -0.25) is 29.0 Å². The SMILES string of the molecule is COc1cc([C@@H](OCc2cn([C@H]3CC(O)[C@@H](COP(=O)(O)OP(=O)(O)OP(=O)(O)O)O3)c3nccc(N)c23)C(C)(C)C)c([N+](=O)[O-])cc1C#CCCC(=O)c1ccc(OC=O)c(C2=C3C=CC(=O)C=C3Cc3cc(O)ccc32)c1. The Bertz CT molecular complexity index is 3620. The summed E-state index contributed by atoms with van der Waals surface area (Å²) in [4.78, 5) is 91.7. The van der Waals surface area contributed by atoms with Gasteiger partial charge in [0.1, 0.15) is 35.2 Å². The molecule has 2 aliphatic carbocycles. The fraction of sp³-hybridized carbons (Fsp3) is 0.294. The first kappa shape index (κ1) is 58.2. The van der Waals surface area contributed by atoms with E-state index in [-0.39, 0.29) is 94.9 Å². The largest absolute Gasteiger partial charge is 0.508 e. The van der Waals surface area contributed by atoms with Gasteiger partial charge < -0.3 is 59.0 Å². The molecule has 5 aromatic rings. The molecule has 8 rings (SSSR count). The summed E-state index contributed by atoms with van der Waals surface area (Å²) in [7, 11) is -15.6. The highest BCUT2D eigenvalue weighted by Gasteiger charge is 2.43. The number of carbonyl (C=O) groups excluding carboxylic acids is 3. The summed E-state index contributed by atoms with van der Waals surface area (Å²) in [5.41, 5.74) is 10.5. The van der Waals surface area contributed by atoms with Crippen LogP contribution >= 0.6 is 23.5 Å². The van der Waals surface area contributed by atoms with E-state index in [0.717, 1.165) is 5.56 Å². The van der Waals surface area contributed by atoms with Crippen molar-refractivity contribution >= 4 is 69.5 Å². The average Bonchev–Trinajstić information content (AvgIpc) is 4.09. The van der Waals surface area contributed by atoms with Gasteiger partial charge in [-0.05, 0) is 88.7 Å². The smallest absolute Gasteiger partial charge is 0.490 e. The second kappa shape index (κ2) is 23.0. The Labute approximate surface area is 449 Å². The van der Waals surface area contributed by atoms with Crippen molar-refractivity contribution < 1.29 is 94.9 Å². The first-order chi connectivity index (χ1) is 37.2. The van der Waals surface area contributed by atoms with E-state index in [1.54, 1.807) is 51.2 Å². The number of phosphoric ester groups is 1. The predicted molar refractivity (Wildman–Crippen MR) is 279 cm³/mol. The minimum atomic E-state index is -5.81. The van der Waals surface area contributed by atoms with Gasteiger partial charge >= 0.3 is 23.5 Å². The van der Waals surface area contributed by atoms with E-state index in [1.165, 1.54) is 66.4 Å². The number of aliphatic hydroxyl groups excluding tert-OH is 1. The van der Waals surface area contributed by atoms with Crippen LogP contribution in [0.5, 0.6) is 17.2 Å². The molecule has 79 heavy (non-hydrogen) atoms. The number of fused-ring (bicyclic) bond motifs is 3. The molecule has 3 aromatic carbocycles. The van der Waals surface area contributed by atoms with Gasteiger partial charge in [0.15, 0.2) is 11.6 Å². The van der Waals surface area contributed by atoms with Crippen molar-refractivity contribution in [1.82, 2.24) is 9.55 Å². The number of nitro benzene ring substituents is 1. The van der Waals surface area contributed by atoms with Crippen LogP contribution in [0, 0.1) is 27.4 Å². The topological polar surface area (TPSA) is 375 Å². The van der Waals surface area contributed by atoms with Gasteiger partial charge in [0.25, 0.3) is 12.2 Å². The van der Waals surface area contributed by atoms with Crippen molar-refractivity contribution in [2.24, 2.45) is 5.41 Å². The number of pyridine rings is 1. The molecule has 3 heterocycles. The number of aromatic hydroxyl groups is 1. The molecule has 6 atom stereocenters. The number of hydrogen-bond donors (Lipinski definition) is 7. The summed E-state index contributed by atoms with van der Waals surface area (Å²) in [5, 5.41) is 34.4. The summed E-state index contributed by atoms with van der Waals surface area (Å²) < 4.78 is 72.4. The van der Waals surface area contributed by atoms with E-state index in [4.69, 9.17) is 39.0 Å². The molecule has 0 saturated carbocycles.